The van der Waals surface area contributed by atoms with Gasteiger partial charge in [0, 0.05) is 11.9 Å². The maximum absolute atomic E-state index is 13.3. The molecule has 1 amide bonds. The van der Waals surface area contributed by atoms with Gasteiger partial charge in [-0.05, 0) is 44.6 Å². The fourth-order valence-corrected chi connectivity index (χ4v) is 5.10. The molecule has 1 unspecified atom stereocenters. The van der Waals surface area contributed by atoms with Gasteiger partial charge in [0.15, 0.2) is 4.83 Å². The monoisotopic (exact) mass is 444 g/mol. The normalized spacial score (nSPS) is 14.3. The topological polar surface area (TPSA) is 121 Å². The zero-order chi connectivity index (χ0) is 22.1. The Balaban J connectivity index is 1.69. The van der Waals surface area contributed by atoms with Crippen LogP contribution in [0.1, 0.15) is 60.0 Å². The summed E-state index contributed by atoms with van der Waals surface area (Å²) in [4.78, 5) is 40.4. The number of anilines is 1. The Morgan fingerprint density at radius 1 is 1.29 bits per heavy atom. The summed E-state index contributed by atoms with van der Waals surface area (Å²) in [6.45, 7) is 3.69. The van der Waals surface area contributed by atoms with E-state index in [1.807, 2.05) is 0 Å². The average Bonchev–Trinajstić information content (AvgIpc) is 3.31. The molecule has 11 heteroatoms. The summed E-state index contributed by atoms with van der Waals surface area (Å²) in [6, 6.07) is -0.881. The molecular weight excluding hydrogens is 420 g/mol. The van der Waals surface area contributed by atoms with Gasteiger partial charge in [-0.25, -0.2) is 4.79 Å². The molecule has 4 rings (SSSR count). The minimum Gasteiger partial charge on any atom is -0.462 e. The lowest BCUT2D eigenvalue weighted by Crippen LogP contribution is -2.36. The Morgan fingerprint density at radius 2 is 2.06 bits per heavy atom. The number of hydrogen-bond acceptors (Lipinski definition) is 8. The van der Waals surface area contributed by atoms with Crippen LogP contribution in [0.3, 0.4) is 0 Å². The number of rotatable bonds is 6. The predicted octanol–water partition coefficient (Wildman–Crippen LogP) is 2.23. The highest BCUT2D eigenvalue weighted by Gasteiger charge is 2.28. The number of nitrogens with one attached hydrogen (secondary N) is 1. The number of fused-ring (bicyclic) bond motifs is 3. The number of nitrogens with zero attached hydrogens (tertiary/aromatic N) is 5. The van der Waals surface area contributed by atoms with E-state index in [0.717, 1.165) is 35.9 Å². The maximum Gasteiger partial charge on any atom is 0.343 e. The van der Waals surface area contributed by atoms with Crippen LogP contribution in [0.4, 0.5) is 5.82 Å². The lowest BCUT2D eigenvalue weighted by Gasteiger charge is -2.17. The number of carbonyl (C=O) groups is 2. The summed E-state index contributed by atoms with van der Waals surface area (Å²) < 4.78 is 7.56. The van der Waals surface area contributed by atoms with E-state index in [2.05, 4.69) is 20.7 Å². The van der Waals surface area contributed by atoms with Gasteiger partial charge in [-0.2, -0.15) is 9.78 Å². The molecule has 0 aromatic carbocycles. The van der Waals surface area contributed by atoms with E-state index in [1.54, 1.807) is 20.9 Å². The molecule has 0 fully saturated rings. The van der Waals surface area contributed by atoms with Gasteiger partial charge in [0.25, 0.3) is 11.5 Å². The summed E-state index contributed by atoms with van der Waals surface area (Å²) >= 11 is 1.52. The highest BCUT2D eigenvalue weighted by molar-refractivity contribution is 7.18. The molecule has 10 nitrogen and oxygen atoms in total. The quantitative estimate of drug-likeness (QED) is 0.579. The van der Waals surface area contributed by atoms with Gasteiger partial charge in [0.1, 0.15) is 17.4 Å². The van der Waals surface area contributed by atoms with E-state index in [9.17, 15) is 14.4 Å². The SMILES string of the molecule is CCOC(=O)c1cnn(C)c1NC(=O)C(CC)n1nnc2sc3c(c2c1=O)CCCC3. The van der Waals surface area contributed by atoms with Crippen LogP contribution in [0.5, 0.6) is 0 Å². The average molecular weight is 445 g/mol. The first-order valence-electron chi connectivity index (χ1n) is 10.4. The van der Waals surface area contributed by atoms with E-state index < -0.39 is 17.9 Å². The molecule has 0 bridgehead atoms. The zero-order valence-electron chi connectivity index (χ0n) is 17.7. The van der Waals surface area contributed by atoms with E-state index in [4.69, 9.17) is 4.74 Å². The number of carbonyl (C=O) groups excluding carboxylic acids is 2. The third-order valence-corrected chi connectivity index (χ3v) is 6.64. The lowest BCUT2D eigenvalue weighted by atomic mass is 9.97. The van der Waals surface area contributed by atoms with E-state index in [-0.39, 0.29) is 23.5 Å². The Morgan fingerprint density at radius 3 is 2.81 bits per heavy atom. The molecule has 3 aromatic rings. The fourth-order valence-electron chi connectivity index (χ4n) is 3.90. The zero-order valence-corrected chi connectivity index (χ0v) is 18.5. The van der Waals surface area contributed by atoms with Crippen LogP contribution in [-0.4, -0.2) is 43.3 Å². The van der Waals surface area contributed by atoms with Crippen molar-refractivity contribution in [3.63, 3.8) is 0 Å². The summed E-state index contributed by atoms with van der Waals surface area (Å²) in [5.74, 6) is -0.851. The van der Waals surface area contributed by atoms with Crippen molar-refractivity contribution in [2.45, 2.75) is 52.0 Å². The van der Waals surface area contributed by atoms with Crippen molar-refractivity contribution in [2.75, 3.05) is 11.9 Å². The maximum atomic E-state index is 13.3. The molecule has 0 saturated carbocycles. The van der Waals surface area contributed by atoms with Crippen LogP contribution in [0.2, 0.25) is 0 Å². The molecular formula is C20H24N6O4S. The second-order valence-corrected chi connectivity index (χ2v) is 8.48. The van der Waals surface area contributed by atoms with Crippen molar-refractivity contribution in [3.05, 3.63) is 32.6 Å². The first-order chi connectivity index (χ1) is 15.0. The van der Waals surface area contributed by atoms with Gasteiger partial charge in [0.2, 0.25) is 0 Å². The van der Waals surface area contributed by atoms with Crippen molar-refractivity contribution in [2.24, 2.45) is 7.05 Å². The molecule has 0 aliphatic heterocycles. The highest BCUT2D eigenvalue weighted by atomic mass is 32.1. The number of thiophene rings is 1. The number of aromatic nitrogens is 5. The molecule has 164 valence electrons. The van der Waals surface area contributed by atoms with Gasteiger partial charge in [-0.15, -0.1) is 16.4 Å². The molecule has 0 radical (unpaired) electrons. The Bertz CT molecular complexity index is 1210. The lowest BCUT2D eigenvalue weighted by molar-refractivity contribution is -0.119. The Kier molecular flexibility index (Phi) is 5.86. The van der Waals surface area contributed by atoms with Gasteiger partial charge in [-0.3, -0.25) is 14.3 Å². The molecule has 1 N–H and O–H groups in total. The van der Waals surface area contributed by atoms with Crippen molar-refractivity contribution < 1.29 is 14.3 Å². The molecule has 0 saturated heterocycles. The summed E-state index contributed by atoms with van der Waals surface area (Å²) in [5, 5.41) is 15.6. The summed E-state index contributed by atoms with van der Waals surface area (Å²) in [6.07, 6.45) is 5.60. The Labute approximate surface area is 182 Å². The number of esters is 1. The number of hydrogen-bond donors (Lipinski definition) is 1. The molecule has 31 heavy (non-hydrogen) atoms. The van der Waals surface area contributed by atoms with Crippen LogP contribution >= 0.6 is 11.3 Å². The van der Waals surface area contributed by atoms with Gasteiger partial charge in [0.05, 0.1) is 18.2 Å². The van der Waals surface area contributed by atoms with Crippen molar-refractivity contribution in [3.8, 4) is 0 Å². The Hall–Kier alpha value is -3.08. The standard InChI is InChI=1S/C20H24N6O4S/c1-4-13(17(27)22-16-12(10-21-25(16)3)20(29)30-5-2)26-19(28)15-11-8-6-7-9-14(11)31-18(15)23-24-26/h10,13H,4-9H2,1-3H3,(H,22,27). The summed E-state index contributed by atoms with van der Waals surface area (Å²) in [5.41, 5.74) is 0.891. The number of ether oxygens (including phenoxy) is 1. The number of amides is 1. The first kappa shape index (κ1) is 21.2. The van der Waals surface area contributed by atoms with Gasteiger partial charge in [-0.1, -0.05) is 12.1 Å². The molecule has 1 aliphatic carbocycles. The molecule has 0 spiro atoms. The van der Waals surface area contributed by atoms with E-state index >= 15 is 0 Å². The fraction of sp³-hybridized carbons (Fsp3) is 0.500. The van der Waals surface area contributed by atoms with Crippen molar-refractivity contribution >= 4 is 39.2 Å². The third kappa shape index (κ3) is 3.73. The third-order valence-electron chi connectivity index (χ3n) is 5.47. The molecule has 3 aromatic heterocycles. The minimum atomic E-state index is -0.881. The van der Waals surface area contributed by atoms with Crippen LogP contribution in [0.25, 0.3) is 10.2 Å². The predicted molar refractivity (Wildman–Crippen MR) is 115 cm³/mol. The van der Waals surface area contributed by atoms with Crippen molar-refractivity contribution in [1.29, 1.82) is 0 Å². The van der Waals surface area contributed by atoms with Crippen LogP contribution in [0, 0.1) is 0 Å². The second kappa shape index (κ2) is 8.58. The van der Waals surface area contributed by atoms with Crippen molar-refractivity contribution in [1.82, 2.24) is 24.8 Å². The first-order valence-corrected chi connectivity index (χ1v) is 11.2. The minimum absolute atomic E-state index is 0.147. The summed E-state index contributed by atoms with van der Waals surface area (Å²) in [7, 11) is 1.61. The van der Waals surface area contributed by atoms with Crippen LogP contribution in [-0.2, 0) is 29.4 Å². The number of aryl methyl sites for hydroxylation is 3. The largest absolute Gasteiger partial charge is 0.462 e. The van der Waals surface area contributed by atoms with Gasteiger partial charge >= 0.3 is 5.97 Å². The van der Waals surface area contributed by atoms with Gasteiger partial charge < -0.3 is 10.1 Å². The second-order valence-electron chi connectivity index (χ2n) is 7.39. The van der Waals surface area contributed by atoms with Crippen LogP contribution < -0.4 is 10.9 Å². The molecule has 3 heterocycles. The molecule has 1 aliphatic rings. The van der Waals surface area contributed by atoms with E-state index in [1.165, 1.54) is 27.1 Å². The molecule has 1 atom stereocenters. The highest BCUT2D eigenvalue weighted by Crippen LogP contribution is 2.33. The smallest absolute Gasteiger partial charge is 0.343 e. The van der Waals surface area contributed by atoms with Crippen LogP contribution in [0.15, 0.2) is 11.0 Å². The van der Waals surface area contributed by atoms with E-state index in [0.29, 0.717) is 16.6 Å².